The summed E-state index contributed by atoms with van der Waals surface area (Å²) in [6, 6.07) is 22.1. The lowest BCUT2D eigenvalue weighted by atomic mass is 10.0. The fourth-order valence-electron chi connectivity index (χ4n) is 3.69. The van der Waals surface area contributed by atoms with Crippen molar-refractivity contribution >= 4 is 29.1 Å². The van der Waals surface area contributed by atoms with E-state index in [-0.39, 0.29) is 12.3 Å². The number of nitrogens with two attached hydrogens (primary N) is 1. The third-order valence-electron chi connectivity index (χ3n) is 5.58. The van der Waals surface area contributed by atoms with E-state index in [2.05, 4.69) is 15.8 Å². The molecule has 0 radical (unpaired) electrons. The first kappa shape index (κ1) is 24.2. The van der Waals surface area contributed by atoms with Gasteiger partial charge >= 0.3 is 0 Å². The van der Waals surface area contributed by atoms with Crippen molar-refractivity contribution in [3.63, 3.8) is 0 Å². The Bertz CT molecular complexity index is 1350. The molecule has 0 aliphatic heterocycles. The number of anilines is 1. The number of rotatable bonds is 8. The third-order valence-corrected chi connectivity index (χ3v) is 5.91. The predicted octanol–water partition coefficient (Wildman–Crippen LogP) is 4.87. The smallest absolute Gasteiger partial charge is 0.261 e. The van der Waals surface area contributed by atoms with E-state index in [1.54, 1.807) is 43.3 Å². The standard InChI is InChI=1S/C27H25ClN4O3/c1-17-25(26(32-35-17)21-7-3-4-8-22(21)28)27(34)31-23-9-5-2-6-20(23)14-24(33)30-16-19-12-10-18(15-29)11-13-19/h2-13H,14-16,29H2,1H3,(H,30,33)(H,31,34). The summed E-state index contributed by atoms with van der Waals surface area (Å²) in [5.74, 6) is -0.188. The van der Waals surface area contributed by atoms with E-state index in [1.165, 1.54) is 0 Å². The van der Waals surface area contributed by atoms with Gasteiger partial charge in [-0.1, -0.05) is 77.4 Å². The molecule has 0 unspecified atom stereocenters. The number of nitrogens with zero attached hydrogens (tertiary/aromatic N) is 1. The van der Waals surface area contributed by atoms with Crippen LogP contribution in [0, 0.1) is 6.92 Å². The average molecular weight is 489 g/mol. The fourth-order valence-corrected chi connectivity index (χ4v) is 3.91. The summed E-state index contributed by atoms with van der Waals surface area (Å²) < 4.78 is 5.31. The van der Waals surface area contributed by atoms with Gasteiger partial charge in [0.1, 0.15) is 17.0 Å². The van der Waals surface area contributed by atoms with Crippen LogP contribution in [0.25, 0.3) is 11.3 Å². The van der Waals surface area contributed by atoms with Crippen LogP contribution in [0.1, 0.15) is 32.8 Å². The molecule has 35 heavy (non-hydrogen) atoms. The van der Waals surface area contributed by atoms with Gasteiger partial charge in [-0.25, -0.2) is 0 Å². The minimum atomic E-state index is -0.397. The highest BCUT2D eigenvalue weighted by atomic mass is 35.5. The number of amides is 2. The quantitative estimate of drug-likeness (QED) is 0.327. The fraction of sp³-hybridized carbons (Fsp3) is 0.148. The first-order valence-electron chi connectivity index (χ1n) is 11.1. The number of hydrogen-bond donors (Lipinski definition) is 3. The maximum absolute atomic E-state index is 13.2. The van der Waals surface area contributed by atoms with Gasteiger partial charge in [0, 0.05) is 24.3 Å². The van der Waals surface area contributed by atoms with Crippen LogP contribution in [-0.2, 0) is 24.3 Å². The van der Waals surface area contributed by atoms with E-state index < -0.39 is 5.91 Å². The summed E-state index contributed by atoms with van der Waals surface area (Å²) in [5, 5.41) is 10.3. The van der Waals surface area contributed by atoms with Crippen molar-refractivity contribution in [1.82, 2.24) is 10.5 Å². The Balaban J connectivity index is 1.47. The summed E-state index contributed by atoms with van der Waals surface area (Å²) >= 11 is 6.31. The van der Waals surface area contributed by atoms with Crippen molar-refractivity contribution in [1.29, 1.82) is 0 Å². The predicted molar refractivity (Wildman–Crippen MR) is 136 cm³/mol. The largest absolute Gasteiger partial charge is 0.360 e. The molecule has 0 saturated carbocycles. The van der Waals surface area contributed by atoms with Gasteiger partial charge in [-0.2, -0.15) is 0 Å². The SMILES string of the molecule is Cc1onc(-c2ccccc2Cl)c1C(=O)Nc1ccccc1CC(=O)NCc1ccc(CN)cc1. The van der Waals surface area contributed by atoms with Crippen molar-refractivity contribution in [2.75, 3.05) is 5.32 Å². The summed E-state index contributed by atoms with van der Waals surface area (Å²) in [6.45, 7) is 2.55. The van der Waals surface area contributed by atoms with Crippen LogP contribution in [-0.4, -0.2) is 17.0 Å². The molecule has 1 heterocycles. The number of nitrogens with one attached hydrogen (secondary N) is 2. The number of carbonyl (C=O) groups excluding carboxylic acids is 2. The molecule has 0 spiro atoms. The van der Waals surface area contributed by atoms with Crippen LogP contribution in [0.4, 0.5) is 5.69 Å². The minimum Gasteiger partial charge on any atom is -0.360 e. The van der Waals surface area contributed by atoms with Gasteiger partial charge in [-0.15, -0.1) is 0 Å². The van der Waals surface area contributed by atoms with Gasteiger partial charge in [-0.3, -0.25) is 9.59 Å². The van der Waals surface area contributed by atoms with E-state index in [9.17, 15) is 9.59 Å². The zero-order chi connectivity index (χ0) is 24.8. The molecule has 0 saturated heterocycles. The van der Waals surface area contributed by atoms with Crippen LogP contribution in [0.2, 0.25) is 5.02 Å². The molecule has 0 bridgehead atoms. The second-order valence-corrected chi connectivity index (χ2v) is 8.43. The number of hydrogen-bond acceptors (Lipinski definition) is 5. The minimum absolute atomic E-state index is 0.108. The molecule has 1 aromatic heterocycles. The molecule has 4 aromatic rings. The summed E-state index contributed by atoms with van der Waals surface area (Å²) in [7, 11) is 0. The molecular formula is C27H25ClN4O3. The second kappa shape index (κ2) is 11.0. The first-order chi connectivity index (χ1) is 17.0. The lowest BCUT2D eigenvalue weighted by Gasteiger charge is -2.12. The summed E-state index contributed by atoms with van der Waals surface area (Å²) in [4.78, 5) is 25.9. The van der Waals surface area contributed by atoms with Crippen LogP contribution >= 0.6 is 11.6 Å². The molecule has 4 N–H and O–H groups in total. The van der Waals surface area contributed by atoms with Crippen LogP contribution in [0.15, 0.2) is 77.3 Å². The highest BCUT2D eigenvalue weighted by Gasteiger charge is 2.23. The van der Waals surface area contributed by atoms with E-state index >= 15 is 0 Å². The van der Waals surface area contributed by atoms with E-state index in [0.29, 0.717) is 51.9 Å². The molecule has 0 aliphatic rings. The van der Waals surface area contributed by atoms with Gasteiger partial charge in [0.25, 0.3) is 5.91 Å². The Hall–Kier alpha value is -3.94. The molecule has 178 valence electrons. The normalized spacial score (nSPS) is 10.7. The summed E-state index contributed by atoms with van der Waals surface area (Å²) in [5.41, 5.74) is 10.1. The molecule has 7 nitrogen and oxygen atoms in total. The first-order valence-corrected chi connectivity index (χ1v) is 11.5. The van der Waals surface area contributed by atoms with Crippen LogP contribution < -0.4 is 16.4 Å². The lowest BCUT2D eigenvalue weighted by Crippen LogP contribution is -2.25. The van der Waals surface area contributed by atoms with Crippen molar-refractivity contribution in [2.24, 2.45) is 5.73 Å². The highest BCUT2D eigenvalue weighted by Crippen LogP contribution is 2.31. The van der Waals surface area contributed by atoms with Gasteiger partial charge in [-0.05, 0) is 35.7 Å². The molecule has 3 aromatic carbocycles. The number of halogens is 1. The molecule has 0 fully saturated rings. The number of benzene rings is 3. The number of aromatic nitrogens is 1. The number of carbonyl (C=O) groups is 2. The molecular weight excluding hydrogens is 464 g/mol. The maximum Gasteiger partial charge on any atom is 0.261 e. The van der Waals surface area contributed by atoms with Crippen molar-refractivity contribution in [3.8, 4) is 11.3 Å². The Kier molecular flexibility index (Phi) is 7.60. The van der Waals surface area contributed by atoms with Crippen molar-refractivity contribution in [3.05, 3.63) is 106 Å². The van der Waals surface area contributed by atoms with Crippen LogP contribution in [0.5, 0.6) is 0 Å². The third kappa shape index (κ3) is 5.77. The van der Waals surface area contributed by atoms with E-state index in [4.69, 9.17) is 21.9 Å². The Labute approximate surface area is 208 Å². The molecule has 0 aliphatic carbocycles. The van der Waals surface area contributed by atoms with E-state index in [1.807, 2.05) is 36.4 Å². The maximum atomic E-state index is 13.2. The zero-order valence-electron chi connectivity index (χ0n) is 19.2. The van der Waals surface area contributed by atoms with Crippen LogP contribution in [0.3, 0.4) is 0 Å². The monoisotopic (exact) mass is 488 g/mol. The van der Waals surface area contributed by atoms with Crippen molar-refractivity contribution < 1.29 is 14.1 Å². The highest BCUT2D eigenvalue weighted by molar-refractivity contribution is 6.33. The molecule has 4 rings (SSSR count). The van der Waals surface area contributed by atoms with Gasteiger partial charge in [0.15, 0.2) is 0 Å². The van der Waals surface area contributed by atoms with E-state index in [0.717, 1.165) is 11.1 Å². The van der Waals surface area contributed by atoms with Gasteiger partial charge < -0.3 is 20.9 Å². The average Bonchev–Trinajstić information content (AvgIpc) is 3.25. The molecule has 8 heteroatoms. The Morgan fingerprint density at radius 1 is 0.971 bits per heavy atom. The molecule has 2 amide bonds. The number of para-hydroxylation sites is 1. The number of aryl methyl sites for hydroxylation is 1. The van der Waals surface area contributed by atoms with Crippen molar-refractivity contribution in [2.45, 2.75) is 26.4 Å². The Morgan fingerprint density at radius 2 is 1.66 bits per heavy atom. The Morgan fingerprint density at radius 3 is 2.40 bits per heavy atom. The van der Waals surface area contributed by atoms with Gasteiger partial charge in [0.05, 0.1) is 11.4 Å². The molecule has 0 atom stereocenters. The van der Waals surface area contributed by atoms with Gasteiger partial charge in [0.2, 0.25) is 5.91 Å². The topological polar surface area (TPSA) is 110 Å². The lowest BCUT2D eigenvalue weighted by molar-refractivity contribution is -0.120. The summed E-state index contributed by atoms with van der Waals surface area (Å²) in [6.07, 6.45) is 0.108. The second-order valence-electron chi connectivity index (χ2n) is 8.03. The zero-order valence-corrected chi connectivity index (χ0v) is 19.9.